The van der Waals surface area contributed by atoms with E-state index in [0.29, 0.717) is 13.2 Å². The van der Waals surface area contributed by atoms with Crippen LogP contribution in [0, 0.1) is 10.8 Å². The Hall–Kier alpha value is -0.340. The van der Waals surface area contributed by atoms with E-state index in [9.17, 15) is 0 Å². The van der Waals surface area contributed by atoms with Gasteiger partial charge in [-0.15, -0.1) is 0 Å². The Morgan fingerprint density at radius 1 is 0.688 bits per heavy atom. The lowest BCUT2D eigenvalue weighted by Gasteiger charge is -2.17. The maximum Gasteiger partial charge on any atom is 0.0648 e. The van der Waals surface area contributed by atoms with E-state index in [2.05, 4.69) is 41.5 Å². The summed E-state index contributed by atoms with van der Waals surface area (Å²) < 4.78 is 11.0. The van der Waals surface area contributed by atoms with Crippen LogP contribution in [0.15, 0.2) is 12.2 Å². The number of ether oxygens (including phenoxy) is 2. The van der Waals surface area contributed by atoms with Crippen LogP contribution in [0.25, 0.3) is 0 Å². The van der Waals surface area contributed by atoms with E-state index in [1.807, 2.05) is 12.2 Å². The third kappa shape index (κ3) is 13.7. The van der Waals surface area contributed by atoms with Gasteiger partial charge in [0.15, 0.2) is 0 Å². The summed E-state index contributed by atoms with van der Waals surface area (Å²) in [6.07, 6.45) is 4.04. The summed E-state index contributed by atoms with van der Waals surface area (Å²) in [6, 6.07) is 0. The number of hydrogen-bond donors (Lipinski definition) is 0. The Kier molecular flexibility index (Phi) is 6.93. The monoisotopic (exact) mass is 228 g/mol. The first-order valence-corrected chi connectivity index (χ1v) is 6.01. The maximum absolute atomic E-state index is 5.50. The van der Waals surface area contributed by atoms with Gasteiger partial charge in [0.1, 0.15) is 0 Å². The molecule has 0 atom stereocenters. The highest BCUT2D eigenvalue weighted by molar-refractivity contribution is 4.81. The van der Waals surface area contributed by atoms with Crippen molar-refractivity contribution in [2.24, 2.45) is 10.8 Å². The van der Waals surface area contributed by atoms with Gasteiger partial charge in [0, 0.05) is 0 Å². The number of rotatable bonds is 6. The molecule has 0 spiro atoms. The molecule has 16 heavy (non-hydrogen) atoms. The van der Waals surface area contributed by atoms with Gasteiger partial charge >= 0.3 is 0 Å². The lowest BCUT2D eigenvalue weighted by Crippen LogP contribution is -2.15. The quantitative estimate of drug-likeness (QED) is 0.510. The first-order chi connectivity index (χ1) is 7.21. The zero-order valence-corrected chi connectivity index (χ0v) is 11.8. The molecule has 0 rings (SSSR count). The van der Waals surface area contributed by atoms with Crippen LogP contribution in [0.2, 0.25) is 0 Å². The van der Waals surface area contributed by atoms with Crippen molar-refractivity contribution in [3.63, 3.8) is 0 Å². The SMILES string of the molecule is CC(C)(C)COC/C=C\COCC(C)(C)C. The van der Waals surface area contributed by atoms with Crippen molar-refractivity contribution in [3.05, 3.63) is 12.2 Å². The van der Waals surface area contributed by atoms with Gasteiger partial charge in [0.05, 0.1) is 26.4 Å². The Balaban J connectivity index is 3.36. The van der Waals surface area contributed by atoms with Crippen molar-refractivity contribution in [2.45, 2.75) is 41.5 Å². The summed E-state index contributed by atoms with van der Waals surface area (Å²) in [5, 5.41) is 0. The van der Waals surface area contributed by atoms with Crippen LogP contribution in [0.1, 0.15) is 41.5 Å². The smallest absolute Gasteiger partial charge is 0.0648 e. The molecule has 0 aliphatic heterocycles. The highest BCUT2D eigenvalue weighted by Gasteiger charge is 2.09. The van der Waals surface area contributed by atoms with Gasteiger partial charge in [0.2, 0.25) is 0 Å². The van der Waals surface area contributed by atoms with Crippen LogP contribution in [-0.2, 0) is 9.47 Å². The fraction of sp³-hybridized carbons (Fsp3) is 0.857. The summed E-state index contributed by atoms with van der Waals surface area (Å²) in [7, 11) is 0. The van der Waals surface area contributed by atoms with Crippen molar-refractivity contribution in [3.8, 4) is 0 Å². The lowest BCUT2D eigenvalue weighted by molar-refractivity contribution is 0.0851. The Morgan fingerprint density at radius 2 is 1.00 bits per heavy atom. The topological polar surface area (TPSA) is 18.5 Å². The predicted molar refractivity (Wildman–Crippen MR) is 69.7 cm³/mol. The van der Waals surface area contributed by atoms with Crippen LogP contribution in [0.5, 0.6) is 0 Å². The standard InChI is InChI=1S/C14H28O2/c1-13(2,3)11-15-9-7-8-10-16-12-14(4,5)6/h7-8H,9-12H2,1-6H3/b8-7-. The van der Waals surface area contributed by atoms with Crippen LogP contribution >= 0.6 is 0 Å². The molecular formula is C14H28O2. The van der Waals surface area contributed by atoms with Gasteiger partial charge in [-0.05, 0) is 10.8 Å². The molecule has 0 aliphatic rings. The average Bonchev–Trinajstić information content (AvgIpc) is 2.06. The van der Waals surface area contributed by atoms with Gasteiger partial charge in [-0.25, -0.2) is 0 Å². The molecule has 0 unspecified atom stereocenters. The van der Waals surface area contributed by atoms with Crippen molar-refractivity contribution in [1.29, 1.82) is 0 Å². The van der Waals surface area contributed by atoms with Crippen molar-refractivity contribution >= 4 is 0 Å². The number of hydrogen-bond acceptors (Lipinski definition) is 2. The molecule has 96 valence electrons. The summed E-state index contributed by atoms with van der Waals surface area (Å²) in [6.45, 7) is 16.0. The second kappa shape index (κ2) is 7.08. The highest BCUT2D eigenvalue weighted by Crippen LogP contribution is 2.13. The van der Waals surface area contributed by atoms with E-state index in [1.54, 1.807) is 0 Å². The molecule has 0 aromatic heterocycles. The summed E-state index contributed by atoms with van der Waals surface area (Å²) in [5.41, 5.74) is 0.493. The van der Waals surface area contributed by atoms with E-state index < -0.39 is 0 Å². The van der Waals surface area contributed by atoms with Gasteiger partial charge in [-0.3, -0.25) is 0 Å². The summed E-state index contributed by atoms with van der Waals surface area (Å²) in [4.78, 5) is 0. The lowest BCUT2D eigenvalue weighted by atomic mass is 9.99. The highest BCUT2D eigenvalue weighted by atomic mass is 16.5. The molecule has 2 nitrogen and oxygen atoms in total. The predicted octanol–water partition coefficient (Wildman–Crippen LogP) is 3.67. The largest absolute Gasteiger partial charge is 0.377 e. The van der Waals surface area contributed by atoms with E-state index in [0.717, 1.165) is 13.2 Å². The fourth-order valence-electron chi connectivity index (χ4n) is 1.00. The summed E-state index contributed by atoms with van der Waals surface area (Å²) >= 11 is 0. The van der Waals surface area contributed by atoms with Crippen LogP contribution in [0.4, 0.5) is 0 Å². The third-order valence-corrected chi connectivity index (χ3v) is 1.66. The normalized spacial score (nSPS) is 13.6. The minimum atomic E-state index is 0.247. The molecule has 2 heteroatoms. The van der Waals surface area contributed by atoms with Crippen molar-refractivity contribution < 1.29 is 9.47 Å². The molecule has 0 bridgehead atoms. The third-order valence-electron chi connectivity index (χ3n) is 1.66. The second-order valence-corrected chi connectivity index (χ2v) is 6.62. The minimum Gasteiger partial charge on any atom is -0.377 e. The Labute approximate surface area is 101 Å². The molecule has 0 amide bonds. The molecule has 0 aromatic rings. The molecule has 0 radical (unpaired) electrons. The molecule has 0 fully saturated rings. The van der Waals surface area contributed by atoms with E-state index in [4.69, 9.17) is 9.47 Å². The minimum absolute atomic E-state index is 0.247. The zero-order chi connectivity index (χ0) is 12.7. The fourth-order valence-corrected chi connectivity index (χ4v) is 1.00. The average molecular weight is 228 g/mol. The molecule has 0 aliphatic carbocycles. The molecule has 0 N–H and O–H groups in total. The first-order valence-electron chi connectivity index (χ1n) is 6.01. The van der Waals surface area contributed by atoms with Gasteiger partial charge in [-0.2, -0.15) is 0 Å². The van der Waals surface area contributed by atoms with Gasteiger partial charge < -0.3 is 9.47 Å². The second-order valence-electron chi connectivity index (χ2n) is 6.62. The van der Waals surface area contributed by atoms with Crippen molar-refractivity contribution in [1.82, 2.24) is 0 Å². The maximum atomic E-state index is 5.50. The van der Waals surface area contributed by atoms with Crippen LogP contribution in [0.3, 0.4) is 0 Å². The molecule has 0 aromatic carbocycles. The summed E-state index contributed by atoms with van der Waals surface area (Å²) in [5.74, 6) is 0. The van der Waals surface area contributed by atoms with Crippen molar-refractivity contribution in [2.75, 3.05) is 26.4 Å². The molecule has 0 saturated heterocycles. The van der Waals surface area contributed by atoms with E-state index in [-0.39, 0.29) is 10.8 Å². The van der Waals surface area contributed by atoms with Gasteiger partial charge in [0.25, 0.3) is 0 Å². The Bertz CT molecular complexity index is 172. The molecular weight excluding hydrogens is 200 g/mol. The van der Waals surface area contributed by atoms with E-state index in [1.165, 1.54) is 0 Å². The zero-order valence-electron chi connectivity index (χ0n) is 11.8. The molecule has 0 saturated carbocycles. The van der Waals surface area contributed by atoms with E-state index >= 15 is 0 Å². The first kappa shape index (κ1) is 15.7. The van der Waals surface area contributed by atoms with Crippen LogP contribution in [-0.4, -0.2) is 26.4 Å². The van der Waals surface area contributed by atoms with Gasteiger partial charge in [-0.1, -0.05) is 53.7 Å². The van der Waals surface area contributed by atoms with Crippen LogP contribution < -0.4 is 0 Å². The molecule has 0 heterocycles. The Morgan fingerprint density at radius 3 is 1.25 bits per heavy atom.